The Morgan fingerprint density at radius 2 is 1.74 bits per heavy atom. The first-order chi connectivity index (χ1) is 13.2. The van der Waals surface area contributed by atoms with Gasteiger partial charge in [-0.2, -0.15) is 0 Å². The number of aromatic nitrogens is 2. The van der Waals surface area contributed by atoms with E-state index < -0.39 is 5.91 Å². The summed E-state index contributed by atoms with van der Waals surface area (Å²) in [7, 11) is 0. The van der Waals surface area contributed by atoms with Crippen molar-refractivity contribution in [3.8, 4) is 11.3 Å². The zero-order valence-electron chi connectivity index (χ0n) is 14.3. The summed E-state index contributed by atoms with van der Waals surface area (Å²) in [5.41, 5.74) is 2.51. The van der Waals surface area contributed by atoms with E-state index in [4.69, 9.17) is 4.42 Å². The van der Waals surface area contributed by atoms with Crippen molar-refractivity contribution in [3.63, 3.8) is 0 Å². The molecule has 0 fully saturated rings. The predicted octanol–water partition coefficient (Wildman–Crippen LogP) is 3.18. The summed E-state index contributed by atoms with van der Waals surface area (Å²) in [5.74, 6) is -0.506. The third-order valence-corrected chi connectivity index (χ3v) is 4.08. The first-order valence-corrected chi connectivity index (χ1v) is 8.38. The van der Waals surface area contributed by atoms with E-state index in [1.807, 2.05) is 36.4 Å². The maximum absolute atomic E-state index is 12.4. The van der Waals surface area contributed by atoms with Gasteiger partial charge in [0.1, 0.15) is 11.9 Å². The van der Waals surface area contributed by atoms with Gasteiger partial charge >= 0.3 is 0 Å². The van der Waals surface area contributed by atoms with Gasteiger partial charge in [-0.25, -0.2) is 9.97 Å². The number of nitrogens with zero attached hydrogens (tertiary/aromatic N) is 2. The summed E-state index contributed by atoms with van der Waals surface area (Å²) >= 11 is 0. The number of carbonyl (C=O) groups is 1. The van der Waals surface area contributed by atoms with Crippen LogP contribution in [0, 0.1) is 0 Å². The van der Waals surface area contributed by atoms with Crippen molar-refractivity contribution in [2.45, 2.75) is 6.54 Å². The van der Waals surface area contributed by atoms with Gasteiger partial charge in [-0.05, 0) is 18.2 Å². The fourth-order valence-corrected chi connectivity index (χ4v) is 2.73. The number of hydrogen-bond acceptors (Lipinski definition) is 5. The highest BCUT2D eigenvalue weighted by atomic mass is 16.3. The first-order valence-electron chi connectivity index (χ1n) is 8.38. The van der Waals surface area contributed by atoms with Crippen LogP contribution in [0.5, 0.6) is 0 Å². The lowest BCUT2D eigenvalue weighted by atomic mass is 10.1. The number of rotatable bonds is 4. The van der Waals surface area contributed by atoms with E-state index in [9.17, 15) is 9.59 Å². The van der Waals surface area contributed by atoms with E-state index >= 15 is 0 Å². The van der Waals surface area contributed by atoms with E-state index in [2.05, 4.69) is 15.3 Å². The Kier molecular flexibility index (Phi) is 4.45. The summed E-state index contributed by atoms with van der Waals surface area (Å²) < 4.78 is 5.54. The van der Waals surface area contributed by atoms with Gasteiger partial charge in [-0.1, -0.05) is 42.5 Å². The molecule has 0 saturated carbocycles. The molecule has 0 aliphatic rings. The van der Waals surface area contributed by atoms with Gasteiger partial charge in [0.25, 0.3) is 5.91 Å². The second-order valence-corrected chi connectivity index (χ2v) is 5.91. The van der Waals surface area contributed by atoms with Gasteiger partial charge in [0, 0.05) is 11.6 Å². The molecule has 0 saturated heterocycles. The standard InChI is InChI=1S/C21H15N3O3/c25-18-11-20(27-19-9-5-4-8-16(18)19)21(26)22-12-15-10-17(24-13-23-15)14-6-2-1-3-7-14/h1-11,13H,12H2,(H,22,26). The number of amides is 1. The van der Waals surface area contributed by atoms with Gasteiger partial charge < -0.3 is 9.73 Å². The van der Waals surface area contributed by atoms with Crippen LogP contribution in [-0.4, -0.2) is 15.9 Å². The summed E-state index contributed by atoms with van der Waals surface area (Å²) in [6.07, 6.45) is 1.46. The Bertz CT molecular complexity index is 1170. The van der Waals surface area contributed by atoms with Crippen LogP contribution >= 0.6 is 0 Å². The lowest BCUT2D eigenvalue weighted by Crippen LogP contribution is -2.24. The van der Waals surface area contributed by atoms with Crippen LogP contribution in [-0.2, 0) is 6.54 Å². The number of hydrogen-bond donors (Lipinski definition) is 1. The molecule has 6 nitrogen and oxygen atoms in total. The fraction of sp³-hybridized carbons (Fsp3) is 0.0476. The van der Waals surface area contributed by atoms with Crippen LogP contribution in [0.1, 0.15) is 16.2 Å². The second-order valence-electron chi connectivity index (χ2n) is 5.91. The average molecular weight is 357 g/mol. The van der Waals surface area contributed by atoms with Crippen molar-refractivity contribution in [2.24, 2.45) is 0 Å². The van der Waals surface area contributed by atoms with Crippen molar-refractivity contribution >= 4 is 16.9 Å². The molecular formula is C21H15N3O3. The third kappa shape index (κ3) is 3.59. The molecule has 6 heteroatoms. The van der Waals surface area contributed by atoms with Gasteiger partial charge in [-0.3, -0.25) is 9.59 Å². The molecule has 0 radical (unpaired) electrons. The summed E-state index contributed by atoms with van der Waals surface area (Å²) in [6, 6.07) is 19.5. The largest absolute Gasteiger partial charge is 0.451 e. The number of nitrogens with one attached hydrogen (secondary N) is 1. The van der Waals surface area contributed by atoms with Crippen molar-refractivity contribution < 1.29 is 9.21 Å². The van der Waals surface area contributed by atoms with Crippen LogP contribution < -0.4 is 10.7 Å². The molecule has 132 valence electrons. The van der Waals surface area contributed by atoms with Crippen molar-refractivity contribution in [1.82, 2.24) is 15.3 Å². The van der Waals surface area contributed by atoms with E-state index in [-0.39, 0.29) is 17.7 Å². The van der Waals surface area contributed by atoms with Gasteiger partial charge in [0.05, 0.1) is 23.3 Å². The zero-order chi connectivity index (χ0) is 18.6. The summed E-state index contributed by atoms with van der Waals surface area (Å²) in [6.45, 7) is 0.192. The molecular weight excluding hydrogens is 342 g/mol. The second kappa shape index (κ2) is 7.21. The molecule has 0 atom stereocenters. The maximum atomic E-state index is 12.4. The predicted molar refractivity (Wildman–Crippen MR) is 101 cm³/mol. The number of fused-ring (bicyclic) bond motifs is 1. The number of carbonyl (C=O) groups excluding carboxylic acids is 1. The van der Waals surface area contributed by atoms with Crippen LogP contribution in [0.15, 0.2) is 82.3 Å². The highest BCUT2D eigenvalue weighted by molar-refractivity contribution is 5.93. The molecule has 27 heavy (non-hydrogen) atoms. The highest BCUT2D eigenvalue weighted by Crippen LogP contribution is 2.16. The Hall–Kier alpha value is -3.80. The topological polar surface area (TPSA) is 85.1 Å². The monoisotopic (exact) mass is 357 g/mol. The smallest absolute Gasteiger partial charge is 0.287 e. The molecule has 2 aromatic carbocycles. The minimum Gasteiger partial charge on any atom is -0.451 e. The van der Waals surface area contributed by atoms with E-state index in [0.29, 0.717) is 16.7 Å². The molecule has 0 spiro atoms. The number of para-hydroxylation sites is 1. The van der Waals surface area contributed by atoms with Gasteiger partial charge in [-0.15, -0.1) is 0 Å². The Balaban J connectivity index is 1.52. The molecule has 1 N–H and O–H groups in total. The van der Waals surface area contributed by atoms with E-state index in [1.54, 1.807) is 24.3 Å². The normalized spacial score (nSPS) is 10.7. The Morgan fingerprint density at radius 3 is 2.59 bits per heavy atom. The minimum absolute atomic E-state index is 0.0314. The first kappa shape index (κ1) is 16.7. The van der Waals surface area contributed by atoms with Crippen LogP contribution in [0.2, 0.25) is 0 Å². The van der Waals surface area contributed by atoms with Crippen LogP contribution in [0.4, 0.5) is 0 Å². The maximum Gasteiger partial charge on any atom is 0.287 e. The SMILES string of the molecule is O=C(NCc1cc(-c2ccccc2)ncn1)c1cc(=O)c2ccccc2o1. The lowest BCUT2D eigenvalue weighted by molar-refractivity contribution is 0.0923. The molecule has 2 aromatic heterocycles. The Labute approximate surface area is 154 Å². The fourth-order valence-electron chi connectivity index (χ4n) is 2.73. The van der Waals surface area contributed by atoms with Gasteiger partial charge in [0.15, 0.2) is 11.2 Å². The summed E-state index contributed by atoms with van der Waals surface area (Å²) in [5, 5.41) is 3.17. The van der Waals surface area contributed by atoms with Crippen LogP contribution in [0.3, 0.4) is 0 Å². The molecule has 4 rings (SSSR count). The zero-order valence-corrected chi connectivity index (χ0v) is 14.3. The quantitative estimate of drug-likeness (QED) is 0.606. The lowest BCUT2D eigenvalue weighted by Gasteiger charge is -2.06. The van der Waals surface area contributed by atoms with Crippen molar-refractivity contribution in [2.75, 3.05) is 0 Å². The molecule has 0 aliphatic heterocycles. The van der Waals surface area contributed by atoms with Gasteiger partial charge in [0.2, 0.25) is 0 Å². The van der Waals surface area contributed by atoms with E-state index in [0.717, 1.165) is 11.3 Å². The molecule has 0 bridgehead atoms. The summed E-state index contributed by atoms with van der Waals surface area (Å²) in [4.78, 5) is 32.9. The molecule has 4 aromatic rings. The van der Waals surface area contributed by atoms with Crippen LogP contribution in [0.25, 0.3) is 22.2 Å². The number of benzene rings is 2. The molecule has 0 aliphatic carbocycles. The van der Waals surface area contributed by atoms with E-state index in [1.165, 1.54) is 12.4 Å². The average Bonchev–Trinajstić information content (AvgIpc) is 2.73. The third-order valence-electron chi connectivity index (χ3n) is 4.08. The molecule has 2 heterocycles. The van der Waals surface area contributed by atoms with Crippen molar-refractivity contribution in [3.05, 3.63) is 94.7 Å². The Morgan fingerprint density at radius 1 is 0.963 bits per heavy atom. The van der Waals surface area contributed by atoms with Crippen molar-refractivity contribution in [1.29, 1.82) is 0 Å². The minimum atomic E-state index is -0.474. The highest BCUT2D eigenvalue weighted by Gasteiger charge is 2.12. The molecule has 1 amide bonds. The molecule has 0 unspecified atom stereocenters.